The summed E-state index contributed by atoms with van der Waals surface area (Å²) in [5.74, 6) is 1.30. The normalized spacial score (nSPS) is 15.3. The Morgan fingerprint density at radius 1 is 1.14 bits per heavy atom. The minimum atomic E-state index is 0.387. The van der Waals surface area contributed by atoms with Crippen molar-refractivity contribution in [3.8, 4) is 16.3 Å². The zero-order valence-electron chi connectivity index (χ0n) is 17.3. The van der Waals surface area contributed by atoms with Gasteiger partial charge in [-0.25, -0.2) is 4.98 Å². The highest BCUT2D eigenvalue weighted by molar-refractivity contribution is 7.15. The fraction of sp³-hybridized carbons (Fsp3) is 0.360. The van der Waals surface area contributed by atoms with E-state index in [9.17, 15) is 4.79 Å². The zero-order chi connectivity index (χ0) is 20.4. The van der Waals surface area contributed by atoms with Gasteiger partial charge >= 0.3 is 0 Å². The van der Waals surface area contributed by atoms with Gasteiger partial charge in [0.05, 0.1) is 12.3 Å². The van der Waals surface area contributed by atoms with Gasteiger partial charge in [0.1, 0.15) is 17.0 Å². The molecule has 2 aromatic carbocycles. The van der Waals surface area contributed by atoms with Gasteiger partial charge in [0, 0.05) is 23.3 Å². The largest absolute Gasteiger partial charge is 0.493 e. The van der Waals surface area contributed by atoms with Crippen molar-refractivity contribution in [3.05, 3.63) is 69.2 Å². The second-order valence-electron chi connectivity index (χ2n) is 8.00. The van der Waals surface area contributed by atoms with E-state index in [0.717, 1.165) is 42.0 Å². The second kappa shape index (κ2) is 8.50. The average Bonchev–Trinajstić information content (AvgIpc) is 3.25. The van der Waals surface area contributed by atoms with Crippen LogP contribution in [0.4, 0.5) is 0 Å². The molecule has 150 valence electrons. The lowest BCUT2D eigenvalue weighted by Crippen LogP contribution is -2.03. The molecule has 0 amide bonds. The molecule has 4 rings (SSSR count). The van der Waals surface area contributed by atoms with Crippen molar-refractivity contribution in [3.63, 3.8) is 0 Å². The van der Waals surface area contributed by atoms with Gasteiger partial charge in [0.2, 0.25) is 0 Å². The van der Waals surface area contributed by atoms with Crippen LogP contribution in [0.3, 0.4) is 0 Å². The van der Waals surface area contributed by atoms with Crippen LogP contribution < -0.4 is 4.74 Å². The SMILES string of the molecule is Cc1cc(C)cc(-c2nc(CCOc3ccc4c(c3)CC[C@H]4CC=O)c(C)s2)c1. The van der Waals surface area contributed by atoms with Crippen LogP contribution in [0.15, 0.2) is 36.4 Å². The molecule has 1 aliphatic rings. The number of nitrogens with zero attached hydrogens (tertiary/aromatic N) is 1. The Kier molecular flexibility index (Phi) is 5.81. The third-order valence-corrected chi connectivity index (χ3v) is 6.73. The van der Waals surface area contributed by atoms with Crippen LogP contribution in [0.5, 0.6) is 5.75 Å². The molecule has 1 aliphatic carbocycles. The molecule has 0 spiro atoms. The molecule has 0 aliphatic heterocycles. The minimum Gasteiger partial charge on any atom is -0.493 e. The van der Waals surface area contributed by atoms with E-state index in [4.69, 9.17) is 9.72 Å². The van der Waals surface area contributed by atoms with E-state index < -0.39 is 0 Å². The molecule has 1 aromatic heterocycles. The lowest BCUT2D eigenvalue weighted by molar-refractivity contribution is -0.108. The van der Waals surface area contributed by atoms with Crippen LogP contribution in [-0.2, 0) is 17.6 Å². The fourth-order valence-electron chi connectivity index (χ4n) is 4.28. The number of aryl methyl sites for hydroxylation is 4. The number of aromatic nitrogens is 1. The number of hydrogen-bond acceptors (Lipinski definition) is 4. The maximum Gasteiger partial charge on any atom is 0.123 e. The first kappa shape index (κ1) is 19.8. The van der Waals surface area contributed by atoms with Crippen LogP contribution in [-0.4, -0.2) is 17.9 Å². The van der Waals surface area contributed by atoms with Crippen molar-refractivity contribution in [2.24, 2.45) is 0 Å². The van der Waals surface area contributed by atoms with Crippen LogP contribution >= 0.6 is 11.3 Å². The minimum absolute atomic E-state index is 0.387. The van der Waals surface area contributed by atoms with Gasteiger partial charge in [-0.1, -0.05) is 23.3 Å². The Hall–Kier alpha value is -2.46. The number of carbonyl (C=O) groups excluding carboxylic acids is 1. The highest BCUT2D eigenvalue weighted by atomic mass is 32.1. The highest BCUT2D eigenvalue weighted by Gasteiger charge is 2.22. The summed E-state index contributed by atoms with van der Waals surface area (Å²) in [7, 11) is 0. The summed E-state index contributed by atoms with van der Waals surface area (Å²) in [6, 6.07) is 12.9. The van der Waals surface area contributed by atoms with Crippen molar-refractivity contribution in [2.45, 2.75) is 52.4 Å². The van der Waals surface area contributed by atoms with Gasteiger partial charge in [-0.3, -0.25) is 0 Å². The van der Waals surface area contributed by atoms with E-state index >= 15 is 0 Å². The van der Waals surface area contributed by atoms with Gasteiger partial charge in [0.25, 0.3) is 0 Å². The summed E-state index contributed by atoms with van der Waals surface area (Å²) in [5, 5.41) is 1.09. The number of carbonyl (C=O) groups is 1. The highest BCUT2D eigenvalue weighted by Crippen LogP contribution is 2.37. The molecule has 0 N–H and O–H groups in total. The molecule has 1 atom stereocenters. The van der Waals surface area contributed by atoms with Crippen molar-refractivity contribution < 1.29 is 9.53 Å². The zero-order valence-corrected chi connectivity index (χ0v) is 18.1. The van der Waals surface area contributed by atoms with Crippen molar-refractivity contribution in [2.75, 3.05) is 6.61 Å². The molecular weight excluding hydrogens is 378 g/mol. The maximum atomic E-state index is 10.8. The second-order valence-corrected chi connectivity index (χ2v) is 9.20. The summed E-state index contributed by atoms with van der Waals surface area (Å²) in [4.78, 5) is 17.0. The van der Waals surface area contributed by atoms with E-state index in [1.165, 1.54) is 32.7 Å². The molecular formula is C25H27NO2S. The monoisotopic (exact) mass is 405 g/mol. The van der Waals surface area contributed by atoms with Gasteiger partial charge in [-0.15, -0.1) is 11.3 Å². The molecule has 29 heavy (non-hydrogen) atoms. The number of thiazole rings is 1. The molecule has 3 aromatic rings. The van der Waals surface area contributed by atoms with Crippen LogP contribution in [0, 0.1) is 20.8 Å². The standard InChI is InChI=1S/C25H27NO2S/c1-16-12-17(2)14-21(13-16)25-26-24(18(3)29-25)9-11-28-22-6-7-23-19(8-10-27)4-5-20(23)15-22/h6-7,10,12-15,19H,4-5,8-9,11H2,1-3H3/t19-/m0/s1. The molecule has 0 unspecified atom stereocenters. The summed E-state index contributed by atoms with van der Waals surface area (Å²) < 4.78 is 6.03. The Balaban J connectivity index is 1.40. The van der Waals surface area contributed by atoms with E-state index in [1.54, 1.807) is 11.3 Å². The quantitative estimate of drug-likeness (QED) is 0.454. The summed E-state index contributed by atoms with van der Waals surface area (Å²) in [6.07, 6.45) is 4.57. The molecule has 4 heteroatoms. The topological polar surface area (TPSA) is 39.2 Å². The molecule has 0 fully saturated rings. The molecule has 0 saturated heterocycles. The first-order chi connectivity index (χ1) is 14.0. The van der Waals surface area contributed by atoms with Gasteiger partial charge in [-0.05, 0) is 74.9 Å². The fourth-order valence-corrected chi connectivity index (χ4v) is 5.23. The van der Waals surface area contributed by atoms with E-state index in [0.29, 0.717) is 18.9 Å². The molecule has 0 saturated carbocycles. The average molecular weight is 406 g/mol. The number of fused-ring (bicyclic) bond motifs is 1. The first-order valence-corrected chi connectivity index (χ1v) is 11.1. The molecule has 0 bridgehead atoms. The number of hydrogen-bond donors (Lipinski definition) is 0. The van der Waals surface area contributed by atoms with Gasteiger partial charge in [0.15, 0.2) is 0 Å². The smallest absolute Gasteiger partial charge is 0.123 e. The Morgan fingerprint density at radius 3 is 2.69 bits per heavy atom. The van der Waals surface area contributed by atoms with E-state index in [1.807, 2.05) is 6.07 Å². The van der Waals surface area contributed by atoms with Crippen molar-refractivity contribution in [1.82, 2.24) is 4.98 Å². The number of benzene rings is 2. The van der Waals surface area contributed by atoms with Crippen LogP contribution in [0.1, 0.15) is 51.6 Å². The lowest BCUT2D eigenvalue weighted by atomic mass is 9.99. The predicted octanol–water partition coefficient (Wildman–Crippen LogP) is 5.98. The van der Waals surface area contributed by atoms with Crippen molar-refractivity contribution in [1.29, 1.82) is 0 Å². The summed E-state index contributed by atoms with van der Waals surface area (Å²) >= 11 is 1.76. The number of aldehydes is 1. The Morgan fingerprint density at radius 2 is 1.93 bits per heavy atom. The summed E-state index contributed by atoms with van der Waals surface area (Å²) in [5.41, 5.74) is 7.51. The molecule has 1 heterocycles. The Bertz CT molecular complexity index is 1020. The number of rotatable bonds is 7. The van der Waals surface area contributed by atoms with Gasteiger partial charge in [-0.2, -0.15) is 0 Å². The lowest BCUT2D eigenvalue weighted by Gasteiger charge is -2.10. The summed E-state index contributed by atoms with van der Waals surface area (Å²) in [6.45, 7) is 7.02. The number of ether oxygens (including phenoxy) is 1. The van der Waals surface area contributed by atoms with Gasteiger partial charge < -0.3 is 9.53 Å². The third kappa shape index (κ3) is 4.43. The predicted molar refractivity (Wildman–Crippen MR) is 119 cm³/mol. The third-order valence-electron chi connectivity index (χ3n) is 5.67. The molecule has 0 radical (unpaired) electrons. The van der Waals surface area contributed by atoms with E-state index in [-0.39, 0.29) is 0 Å². The molecule has 3 nitrogen and oxygen atoms in total. The van der Waals surface area contributed by atoms with Crippen LogP contribution in [0.2, 0.25) is 0 Å². The Labute approximate surface area is 176 Å². The van der Waals surface area contributed by atoms with E-state index in [2.05, 4.69) is 51.1 Å². The first-order valence-electron chi connectivity index (χ1n) is 10.3. The van der Waals surface area contributed by atoms with Crippen LogP contribution in [0.25, 0.3) is 10.6 Å². The maximum absolute atomic E-state index is 10.8. The van der Waals surface area contributed by atoms with Crippen molar-refractivity contribution >= 4 is 17.6 Å².